The third-order valence-corrected chi connectivity index (χ3v) is 5.62. The molecule has 0 bridgehead atoms. The molecule has 2 fully saturated rings. The predicted octanol–water partition coefficient (Wildman–Crippen LogP) is 3.68. The molecule has 1 amide bonds. The number of likely N-dealkylation sites (tertiary alicyclic amines) is 1. The number of hydrogen-bond donors (Lipinski definition) is 0. The molecule has 1 saturated carbocycles. The van der Waals surface area contributed by atoms with Crippen LogP contribution < -0.4 is 0 Å². The van der Waals surface area contributed by atoms with Gasteiger partial charge in [0.15, 0.2) is 5.82 Å². The van der Waals surface area contributed by atoms with Crippen LogP contribution in [-0.2, 0) is 22.7 Å². The zero-order valence-electron chi connectivity index (χ0n) is 15.7. The molecule has 4 rings (SSSR count). The molecule has 1 aliphatic carbocycles. The van der Waals surface area contributed by atoms with Crippen molar-refractivity contribution in [2.24, 2.45) is 5.92 Å². The second kappa shape index (κ2) is 8.65. The van der Waals surface area contributed by atoms with Crippen LogP contribution >= 0.6 is 0 Å². The second-order valence-electron chi connectivity index (χ2n) is 7.63. The lowest BCUT2D eigenvalue weighted by atomic mass is 9.95. The molecule has 1 aromatic heterocycles. The molecule has 6 nitrogen and oxygen atoms in total. The first-order valence-electron chi connectivity index (χ1n) is 10.0. The van der Waals surface area contributed by atoms with Gasteiger partial charge in [-0.05, 0) is 31.2 Å². The smallest absolute Gasteiger partial charge is 0.252 e. The molecule has 2 heterocycles. The maximum Gasteiger partial charge on any atom is 0.252 e. The van der Waals surface area contributed by atoms with Crippen LogP contribution in [0.4, 0.5) is 0 Å². The van der Waals surface area contributed by atoms with Crippen LogP contribution in [0.2, 0.25) is 0 Å². The van der Waals surface area contributed by atoms with E-state index in [4.69, 9.17) is 9.26 Å². The van der Waals surface area contributed by atoms with Crippen LogP contribution in [0, 0.1) is 5.92 Å². The number of amides is 1. The highest BCUT2D eigenvalue weighted by molar-refractivity contribution is 5.79. The summed E-state index contributed by atoms with van der Waals surface area (Å²) in [4.78, 5) is 19.2. The average Bonchev–Trinajstić information content (AvgIpc) is 3.41. The normalized spacial score (nSPS) is 20.9. The summed E-state index contributed by atoms with van der Waals surface area (Å²) in [6, 6.07) is 10.0. The summed E-state index contributed by atoms with van der Waals surface area (Å²) in [6.45, 7) is 2.39. The highest BCUT2D eigenvalue weighted by atomic mass is 16.5. The van der Waals surface area contributed by atoms with Crippen LogP contribution in [0.5, 0.6) is 0 Å². The Morgan fingerprint density at radius 3 is 2.74 bits per heavy atom. The fraction of sp³-hybridized carbons (Fsp3) is 0.571. The van der Waals surface area contributed by atoms with Crippen LogP contribution in [-0.4, -0.2) is 34.0 Å². The van der Waals surface area contributed by atoms with Crippen molar-refractivity contribution in [1.29, 1.82) is 0 Å². The van der Waals surface area contributed by atoms with E-state index in [-0.39, 0.29) is 11.8 Å². The van der Waals surface area contributed by atoms with Gasteiger partial charge in [-0.3, -0.25) is 4.79 Å². The van der Waals surface area contributed by atoms with Gasteiger partial charge in [0.2, 0.25) is 5.91 Å². The Kier molecular flexibility index (Phi) is 5.82. The molecule has 1 aliphatic heterocycles. The molecule has 0 radical (unpaired) electrons. The average molecular weight is 369 g/mol. The summed E-state index contributed by atoms with van der Waals surface area (Å²) < 4.78 is 11.0. The quantitative estimate of drug-likeness (QED) is 0.777. The molecule has 27 heavy (non-hydrogen) atoms. The zero-order chi connectivity index (χ0) is 18.5. The Bertz CT molecular complexity index is 740. The topological polar surface area (TPSA) is 68.5 Å². The monoisotopic (exact) mass is 369 g/mol. The van der Waals surface area contributed by atoms with Gasteiger partial charge in [-0.2, -0.15) is 4.98 Å². The van der Waals surface area contributed by atoms with Crippen molar-refractivity contribution in [3.05, 3.63) is 47.6 Å². The van der Waals surface area contributed by atoms with Crippen molar-refractivity contribution in [2.75, 3.05) is 13.1 Å². The Balaban J connectivity index is 1.30. The van der Waals surface area contributed by atoms with Gasteiger partial charge in [0, 0.05) is 24.9 Å². The molecule has 144 valence electrons. The maximum absolute atomic E-state index is 12.7. The molecule has 0 spiro atoms. The van der Waals surface area contributed by atoms with E-state index < -0.39 is 0 Å². The fourth-order valence-corrected chi connectivity index (χ4v) is 4.14. The summed E-state index contributed by atoms with van der Waals surface area (Å²) in [6.07, 6.45) is 6.46. The first kappa shape index (κ1) is 18.2. The van der Waals surface area contributed by atoms with Crippen molar-refractivity contribution in [1.82, 2.24) is 15.0 Å². The number of rotatable bonds is 6. The largest absolute Gasteiger partial charge is 0.367 e. The highest BCUT2D eigenvalue weighted by Gasteiger charge is 2.32. The molecule has 1 unspecified atom stereocenters. The summed E-state index contributed by atoms with van der Waals surface area (Å²) in [5.74, 6) is 1.93. The maximum atomic E-state index is 12.7. The standard InChI is InChI=1S/C21H27N3O3/c25-21(17-9-4-5-10-17)24-12-6-11-18(13-24)20-22-19(27-23-20)15-26-14-16-7-2-1-3-8-16/h1-3,7-8,17-18H,4-6,9-15H2. The Morgan fingerprint density at radius 1 is 1.11 bits per heavy atom. The number of nitrogens with zero attached hydrogens (tertiary/aromatic N) is 3. The molecular formula is C21H27N3O3. The molecule has 0 N–H and O–H groups in total. The van der Waals surface area contributed by atoms with E-state index >= 15 is 0 Å². The molecule has 2 aromatic rings. The third kappa shape index (κ3) is 4.56. The minimum Gasteiger partial charge on any atom is -0.367 e. The van der Waals surface area contributed by atoms with E-state index in [0.29, 0.717) is 37.4 Å². The van der Waals surface area contributed by atoms with Crippen LogP contribution in [0.15, 0.2) is 34.9 Å². The van der Waals surface area contributed by atoms with Gasteiger partial charge in [-0.1, -0.05) is 48.3 Å². The van der Waals surface area contributed by atoms with Gasteiger partial charge in [-0.25, -0.2) is 0 Å². The Labute approximate surface area is 159 Å². The third-order valence-electron chi connectivity index (χ3n) is 5.62. The van der Waals surface area contributed by atoms with Crippen LogP contribution in [0.3, 0.4) is 0 Å². The van der Waals surface area contributed by atoms with E-state index in [2.05, 4.69) is 10.1 Å². The molecular weight excluding hydrogens is 342 g/mol. The number of carbonyl (C=O) groups is 1. The second-order valence-corrected chi connectivity index (χ2v) is 7.63. The Hall–Kier alpha value is -2.21. The minimum atomic E-state index is 0.163. The zero-order valence-corrected chi connectivity index (χ0v) is 15.7. The number of piperidine rings is 1. The van der Waals surface area contributed by atoms with Crippen molar-refractivity contribution in [3.63, 3.8) is 0 Å². The van der Waals surface area contributed by atoms with Gasteiger partial charge in [0.05, 0.1) is 6.61 Å². The SMILES string of the molecule is O=C(C1CCCC1)N1CCCC(c2noc(COCc3ccccc3)n2)C1. The number of hydrogen-bond acceptors (Lipinski definition) is 5. The van der Waals surface area contributed by atoms with Gasteiger partial charge >= 0.3 is 0 Å². The van der Waals surface area contributed by atoms with Gasteiger partial charge in [-0.15, -0.1) is 0 Å². The van der Waals surface area contributed by atoms with Gasteiger partial charge in [0.1, 0.15) is 6.61 Å². The van der Waals surface area contributed by atoms with E-state index in [9.17, 15) is 4.79 Å². The van der Waals surface area contributed by atoms with Gasteiger partial charge < -0.3 is 14.2 Å². The summed E-state index contributed by atoms with van der Waals surface area (Å²) in [5.41, 5.74) is 1.12. The van der Waals surface area contributed by atoms with Crippen LogP contribution in [0.25, 0.3) is 0 Å². The summed E-state index contributed by atoms with van der Waals surface area (Å²) >= 11 is 0. The van der Waals surface area contributed by atoms with Crippen molar-refractivity contribution in [2.45, 2.75) is 57.7 Å². The van der Waals surface area contributed by atoms with Gasteiger partial charge in [0.25, 0.3) is 5.89 Å². The lowest BCUT2D eigenvalue weighted by molar-refractivity contribution is -0.136. The van der Waals surface area contributed by atoms with Crippen LogP contribution in [0.1, 0.15) is 61.7 Å². The molecule has 2 aliphatic rings. The first-order chi connectivity index (χ1) is 13.3. The molecule has 1 atom stereocenters. The van der Waals surface area contributed by atoms with Crippen molar-refractivity contribution >= 4 is 5.91 Å². The van der Waals surface area contributed by atoms with E-state index in [0.717, 1.165) is 37.8 Å². The lowest BCUT2D eigenvalue weighted by Crippen LogP contribution is -2.42. The number of benzene rings is 1. The number of aromatic nitrogens is 2. The van der Waals surface area contributed by atoms with Crippen molar-refractivity contribution < 1.29 is 14.1 Å². The highest BCUT2D eigenvalue weighted by Crippen LogP contribution is 2.30. The number of ether oxygens (including phenoxy) is 1. The van der Waals surface area contributed by atoms with E-state index in [1.165, 1.54) is 12.8 Å². The van der Waals surface area contributed by atoms with E-state index in [1.54, 1.807) is 0 Å². The lowest BCUT2D eigenvalue weighted by Gasteiger charge is -2.33. The molecule has 1 saturated heterocycles. The predicted molar refractivity (Wildman–Crippen MR) is 99.7 cm³/mol. The first-order valence-corrected chi connectivity index (χ1v) is 10.0. The minimum absolute atomic E-state index is 0.163. The summed E-state index contributed by atoms with van der Waals surface area (Å²) in [5, 5.41) is 4.15. The number of carbonyl (C=O) groups excluding carboxylic acids is 1. The molecule has 1 aromatic carbocycles. The summed E-state index contributed by atoms with van der Waals surface area (Å²) in [7, 11) is 0. The Morgan fingerprint density at radius 2 is 1.93 bits per heavy atom. The van der Waals surface area contributed by atoms with E-state index in [1.807, 2.05) is 35.2 Å². The molecule has 6 heteroatoms. The fourth-order valence-electron chi connectivity index (χ4n) is 4.14. The van der Waals surface area contributed by atoms with Crippen molar-refractivity contribution in [3.8, 4) is 0 Å².